The Labute approximate surface area is 180 Å². The van der Waals surface area contributed by atoms with Crippen LogP contribution in [0.1, 0.15) is 56.4 Å². The zero-order valence-electron chi connectivity index (χ0n) is 17.8. The summed E-state index contributed by atoms with van der Waals surface area (Å²) in [5.74, 6) is -1.97. The van der Waals surface area contributed by atoms with Gasteiger partial charge in [-0.15, -0.1) is 0 Å². The zero-order valence-corrected chi connectivity index (χ0v) is 17.8. The number of nitrogens with one attached hydrogen (secondary N) is 1. The van der Waals surface area contributed by atoms with Gasteiger partial charge in [-0.3, -0.25) is 14.3 Å². The maximum atomic E-state index is 13.2. The van der Waals surface area contributed by atoms with Gasteiger partial charge in [-0.2, -0.15) is 10.4 Å². The molecule has 1 amide bonds. The van der Waals surface area contributed by atoms with E-state index in [1.54, 1.807) is 4.68 Å². The molecular weight excluding hydrogens is 401 g/mol. The van der Waals surface area contributed by atoms with Gasteiger partial charge in [0.05, 0.1) is 23.9 Å². The molecule has 1 saturated carbocycles. The van der Waals surface area contributed by atoms with E-state index >= 15 is 0 Å². The van der Waals surface area contributed by atoms with Crippen molar-refractivity contribution >= 4 is 23.4 Å². The molecule has 1 aliphatic carbocycles. The second-order valence-electron chi connectivity index (χ2n) is 8.71. The maximum Gasteiger partial charge on any atom is 0.309 e. The first-order chi connectivity index (χ1) is 14.6. The van der Waals surface area contributed by atoms with E-state index < -0.39 is 17.4 Å². The molecule has 3 unspecified atom stereocenters. The molecule has 9 heteroatoms. The van der Waals surface area contributed by atoms with E-state index in [0.29, 0.717) is 24.9 Å². The van der Waals surface area contributed by atoms with Crippen LogP contribution in [0.15, 0.2) is 30.5 Å². The minimum atomic E-state index is -0.674. The van der Waals surface area contributed by atoms with Crippen LogP contribution in [0.5, 0.6) is 0 Å². The molecule has 0 bridgehead atoms. The van der Waals surface area contributed by atoms with Crippen molar-refractivity contribution in [1.82, 2.24) is 9.78 Å². The molecule has 8 nitrogen and oxygen atoms in total. The average molecular weight is 427 g/mol. The van der Waals surface area contributed by atoms with Crippen LogP contribution in [-0.2, 0) is 9.53 Å². The number of nitrogens with zero attached hydrogens (tertiary/aromatic N) is 3. The Morgan fingerprint density at radius 2 is 1.97 bits per heavy atom. The third kappa shape index (κ3) is 5.40. The molecule has 3 atom stereocenters. The Bertz CT molecular complexity index is 1000. The molecule has 2 aromatic rings. The summed E-state index contributed by atoms with van der Waals surface area (Å²) >= 11 is 0. The summed E-state index contributed by atoms with van der Waals surface area (Å²) in [4.78, 5) is 24.4. The number of nitriles is 1. The second kappa shape index (κ2) is 8.76. The molecule has 0 aliphatic heterocycles. The summed E-state index contributed by atoms with van der Waals surface area (Å²) in [7, 11) is 0. The predicted molar refractivity (Wildman–Crippen MR) is 112 cm³/mol. The lowest BCUT2D eigenvalue weighted by Gasteiger charge is -2.33. The Hall–Kier alpha value is -3.41. The minimum absolute atomic E-state index is 0.162. The van der Waals surface area contributed by atoms with Gasteiger partial charge in [0, 0.05) is 11.9 Å². The molecule has 0 saturated heterocycles. The molecule has 3 rings (SSSR count). The third-order valence-corrected chi connectivity index (χ3v) is 5.16. The molecule has 0 radical (unpaired) electrons. The molecule has 1 aromatic heterocycles. The number of aromatic nitrogens is 2. The standard InChI is InChI=1S/C22H26FN5O3/c1-22(2,3)31-21(30)13-4-9-18(14(10-13)11-24)28-12-17(19(25)29)20(27-28)26-16-7-5-15(23)6-8-16/h5-8,12-14,18H,4,9-10H2,1-3H3,(H2,25,29)(H,26,27). The number of hydrogen-bond donors (Lipinski definition) is 2. The van der Waals surface area contributed by atoms with Crippen LogP contribution in [0, 0.1) is 29.0 Å². The predicted octanol–water partition coefficient (Wildman–Crippen LogP) is 3.69. The number of halogens is 1. The van der Waals surface area contributed by atoms with Gasteiger partial charge in [0.2, 0.25) is 0 Å². The number of benzene rings is 1. The topological polar surface area (TPSA) is 123 Å². The van der Waals surface area contributed by atoms with E-state index in [4.69, 9.17) is 10.5 Å². The molecule has 3 N–H and O–H groups in total. The Balaban J connectivity index is 1.80. The van der Waals surface area contributed by atoms with Crippen LogP contribution < -0.4 is 11.1 Å². The Morgan fingerprint density at radius 3 is 2.55 bits per heavy atom. The molecule has 1 aliphatic rings. The van der Waals surface area contributed by atoms with Gasteiger partial charge in [-0.05, 0) is 64.3 Å². The van der Waals surface area contributed by atoms with Crippen LogP contribution in [0.25, 0.3) is 0 Å². The van der Waals surface area contributed by atoms with E-state index in [-0.39, 0.29) is 35.1 Å². The van der Waals surface area contributed by atoms with Gasteiger partial charge >= 0.3 is 5.97 Å². The highest BCUT2D eigenvalue weighted by atomic mass is 19.1. The molecule has 1 aromatic carbocycles. The van der Waals surface area contributed by atoms with E-state index in [1.165, 1.54) is 30.5 Å². The van der Waals surface area contributed by atoms with Crippen molar-refractivity contribution in [2.24, 2.45) is 17.6 Å². The fraction of sp³-hybridized carbons (Fsp3) is 0.455. The quantitative estimate of drug-likeness (QED) is 0.702. The van der Waals surface area contributed by atoms with Crippen molar-refractivity contribution in [2.45, 2.75) is 51.7 Å². The van der Waals surface area contributed by atoms with Crippen molar-refractivity contribution in [3.8, 4) is 6.07 Å². The van der Waals surface area contributed by atoms with E-state index in [2.05, 4.69) is 16.5 Å². The lowest BCUT2D eigenvalue weighted by Crippen LogP contribution is -2.34. The van der Waals surface area contributed by atoms with Gasteiger partial charge in [0.1, 0.15) is 17.0 Å². The van der Waals surface area contributed by atoms with Crippen LogP contribution >= 0.6 is 0 Å². The van der Waals surface area contributed by atoms with Crippen LogP contribution in [-0.4, -0.2) is 27.3 Å². The van der Waals surface area contributed by atoms with Crippen molar-refractivity contribution in [1.29, 1.82) is 5.26 Å². The number of anilines is 2. The summed E-state index contributed by atoms with van der Waals surface area (Å²) in [5, 5.41) is 17.1. The first kappa shape index (κ1) is 22.3. The Morgan fingerprint density at radius 1 is 1.29 bits per heavy atom. The summed E-state index contributed by atoms with van der Waals surface area (Å²) in [5.41, 5.74) is 5.62. The van der Waals surface area contributed by atoms with Gasteiger partial charge in [0.15, 0.2) is 5.82 Å². The normalized spacial score (nSPS) is 21.2. The van der Waals surface area contributed by atoms with Crippen molar-refractivity contribution < 1.29 is 18.7 Å². The van der Waals surface area contributed by atoms with Crippen molar-refractivity contribution in [3.63, 3.8) is 0 Å². The van der Waals surface area contributed by atoms with Crippen molar-refractivity contribution in [2.75, 3.05) is 5.32 Å². The lowest BCUT2D eigenvalue weighted by molar-refractivity contribution is -0.161. The Kier molecular flexibility index (Phi) is 6.29. The number of primary amides is 1. The van der Waals surface area contributed by atoms with E-state index in [1.807, 2.05) is 20.8 Å². The number of nitrogens with two attached hydrogens (primary N) is 1. The smallest absolute Gasteiger partial charge is 0.309 e. The number of carbonyl (C=O) groups is 2. The minimum Gasteiger partial charge on any atom is -0.460 e. The van der Waals surface area contributed by atoms with Gasteiger partial charge < -0.3 is 15.8 Å². The van der Waals surface area contributed by atoms with Crippen LogP contribution in [0.2, 0.25) is 0 Å². The number of amides is 1. The molecular formula is C22H26FN5O3. The summed E-state index contributed by atoms with van der Waals surface area (Å²) in [6, 6.07) is 7.56. The third-order valence-electron chi connectivity index (χ3n) is 5.16. The zero-order chi connectivity index (χ0) is 22.8. The second-order valence-corrected chi connectivity index (χ2v) is 8.71. The molecule has 1 fully saturated rings. The van der Waals surface area contributed by atoms with E-state index in [0.717, 1.165) is 0 Å². The molecule has 0 spiro atoms. The fourth-order valence-corrected chi connectivity index (χ4v) is 3.71. The average Bonchev–Trinajstić information content (AvgIpc) is 3.12. The molecule has 1 heterocycles. The molecule has 31 heavy (non-hydrogen) atoms. The lowest BCUT2D eigenvalue weighted by atomic mass is 9.78. The SMILES string of the molecule is CC(C)(C)OC(=O)C1CCC(n2cc(C(N)=O)c(Nc3ccc(F)cc3)n2)C(C#N)C1. The van der Waals surface area contributed by atoms with Crippen molar-refractivity contribution in [3.05, 3.63) is 41.8 Å². The summed E-state index contributed by atoms with van der Waals surface area (Å²) in [6.45, 7) is 5.43. The van der Waals surface area contributed by atoms with Gasteiger partial charge in [0.25, 0.3) is 5.91 Å². The van der Waals surface area contributed by atoms with Gasteiger partial charge in [-0.25, -0.2) is 4.39 Å². The largest absolute Gasteiger partial charge is 0.460 e. The molecule has 164 valence electrons. The number of rotatable bonds is 5. The summed E-state index contributed by atoms with van der Waals surface area (Å²) < 4.78 is 20.2. The highest BCUT2D eigenvalue weighted by Gasteiger charge is 2.38. The fourth-order valence-electron chi connectivity index (χ4n) is 3.71. The highest BCUT2D eigenvalue weighted by molar-refractivity contribution is 5.98. The number of esters is 1. The number of carbonyl (C=O) groups excluding carboxylic acids is 2. The van der Waals surface area contributed by atoms with Crippen LogP contribution in [0.3, 0.4) is 0 Å². The highest BCUT2D eigenvalue weighted by Crippen LogP contribution is 2.38. The maximum absolute atomic E-state index is 13.2. The summed E-state index contributed by atoms with van der Waals surface area (Å²) in [6.07, 6.45) is 2.93. The van der Waals surface area contributed by atoms with Gasteiger partial charge in [-0.1, -0.05) is 0 Å². The van der Waals surface area contributed by atoms with Crippen LogP contribution in [0.4, 0.5) is 15.9 Å². The first-order valence-corrected chi connectivity index (χ1v) is 10.1. The number of ether oxygens (including phenoxy) is 1. The number of hydrogen-bond acceptors (Lipinski definition) is 6. The van der Waals surface area contributed by atoms with E-state index in [9.17, 15) is 19.2 Å². The monoisotopic (exact) mass is 427 g/mol. The first-order valence-electron chi connectivity index (χ1n) is 10.1.